The minimum atomic E-state index is -0.262. The number of nitrogens with one attached hydrogen (secondary N) is 1. The first kappa shape index (κ1) is 13.7. The Balaban J connectivity index is 1.93. The average molecular weight is 270 g/mol. The number of carbonyl (C=O) groups excluding carboxylic acids is 2. The van der Waals surface area contributed by atoms with Crippen LogP contribution in [0.25, 0.3) is 0 Å². The lowest BCUT2D eigenvalue weighted by Crippen LogP contribution is -2.50. The van der Waals surface area contributed by atoms with Crippen molar-refractivity contribution in [3.05, 3.63) is 0 Å². The number of amides is 2. The Bertz CT molecular complexity index is 359. The lowest BCUT2D eigenvalue weighted by molar-refractivity contribution is -0.137. The highest BCUT2D eigenvalue weighted by molar-refractivity contribution is 8.01. The number of fused-ring (bicyclic) bond motifs is 1. The van der Waals surface area contributed by atoms with Crippen LogP contribution in [0, 0.1) is 5.92 Å². The Hall–Kier alpha value is -0.710. The van der Waals surface area contributed by atoms with Gasteiger partial charge in [-0.3, -0.25) is 9.59 Å². The fraction of sp³-hybridized carbons (Fsp3) is 0.846. The first-order valence-electron chi connectivity index (χ1n) is 6.68. The Morgan fingerprint density at radius 2 is 2.33 bits per heavy atom. The van der Waals surface area contributed by atoms with Crippen molar-refractivity contribution in [3.63, 3.8) is 0 Å². The first-order chi connectivity index (χ1) is 8.44. The molecule has 2 aliphatic heterocycles. The zero-order chi connectivity index (χ0) is 13.3. The smallest absolute Gasteiger partial charge is 0.243 e. The molecule has 0 aliphatic carbocycles. The van der Waals surface area contributed by atoms with Gasteiger partial charge in [0.05, 0.1) is 4.87 Å². The van der Waals surface area contributed by atoms with Crippen molar-refractivity contribution < 1.29 is 9.59 Å². The van der Waals surface area contributed by atoms with E-state index in [9.17, 15) is 9.59 Å². The normalized spacial score (nSPS) is 31.0. The Morgan fingerprint density at radius 3 is 3.00 bits per heavy atom. The molecule has 18 heavy (non-hydrogen) atoms. The quantitative estimate of drug-likeness (QED) is 0.844. The standard InChI is InChI=1S/C13H22N2O2S/c1-9(2)5-7-14-12(17)10-8-18-13(3)6-4-11(16)15(10)13/h9-10H,4-8H2,1-3H3,(H,14,17)/t10-,13+/m1/s1. The topological polar surface area (TPSA) is 49.4 Å². The van der Waals surface area contributed by atoms with E-state index in [1.54, 1.807) is 11.8 Å². The fourth-order valence-electron chi connectivity index (χ4n) is 2.62. The van der Waals surface area contributed by atoms with Crippen molar-refractivity contribution in [2.75, 3.05) is 12.3 Å². The van der Waals surface area contributed by atoms with Crippen molar-refractivity contribution >= 4 is 23.6 Å². The molecule has 102 valence electrons. The molecule has 2 heterocycles. The third kappa shape index (κ3) is 2.51. The molecule has 0 saturated carbocycles. The van der Waals surface area contributed by atoms with E-state index in [1.807, 2.05) is 4.90 Å². The first-order valence-corrected chi connectivity index (χ1v) is 7.66. The summed E-state index contributed by atoms with van der Waals surface area (Å²) in [5.41, 5.74) is 0. The number of rotatable bonds is 4. The van der Waals surface area contributed by atoms with Crippen LogP contribution in [-0.2, 0) is 9.59 Å². The number of carbonyl (C=O) groups is 2. The average Bonchev–Trinajstić information content (AvgIpc) is 2.76. The molecule has 1 N–H and O–H groups in total. The minimum Gasteiger partial charge on any atom is -0.354 e. The maximum atomic E-state index is 12.1. The van der Waals surface area contributed by atoms with Crippen molar-refractivity contribution in [1.82, 2.24) is 10.2 Å². The van der Waals surface area contributed by atoms with Gasteiger partial charge in [0.15, 0.2) is 0 Å². The highest BCUT2D eigenvalue weighted by Gasteiger charge is 2.52. The zero-order valence-corrected chi connectivity index (χ0v) is 12.2. The van der Waals surface area contributed by atoms with Crippen molar-refractivity contribution in [1.29, 1.82) is 0 Å². The molecule has 0 aromatic carbocycles. The Kier molecular flexibility index (Phi) is 3.90. The van der Waals surface area contributed by atoms with Gasteiger partial charge in [-0.25, -0.2) is 0 Å². The molecule has 0 aromatic rings. The van der Waals surface area contributed by atoms with Crippen LogP contribution in [0.1, 0.15) is 40.0 Å². The molecule has 5 heteroatoms. The van der Waals surface area contributed by atoms with E-state index in [0.29, 0.717) is 18.9 Å². The van der Waals surface area contributed by atoms with E-state index in [2.05, 4.69) is 26.1 Å². The summed E-state index contributed by atoms with van der Waals surface area (Å²) in [7, 11) is 0. The summed E-state index contributed by atoms with van der Waals surface area (Å²) in [6.45, 7) is 7.05. The summed E-state index contributed by atoms with van der Waals surface area (Å²) in [5, 5.41) is 2.96. The van der Waals surface area contributed by atoms with Gasteiger partial charge in [-0.05, 0) is 25.7 Å². The van der Waals surface area contributed by atoms with Crippen LogP contribution in [-0.4, -0.2) is 39.9 Å². The highest BCUT2D eigenvalue weighted by atomic mass is 32.2. The van der Waals surface area contributed by atoms with E-state index < -0.39 is 0 Å². The Morgan fingerprint density at radius 1 is 1.61 bits per heavy atom. The lowest BCUT2D eigenvalue weighted by Gasteiger charge is -2.29. The number of hydrogen-bond donors (Lipinski definition) is 1. The maximum absolute atomic E-state index is 12.1. The van der Waals surface area contributed by atoms with E-state index >= 15 is 0 Å². The van der Waals surface area contributed by atoms with Crippen LogP contribution >= 0.6 is 11.8 Å². The third-order valence-electron chi connectivity index (χ3n) is 3.77. The van der Waals surface area contributed by atoms with Gasteiger partial charge in [0.2, 0.25) is 11.8 Å². The molecule has 4 nitrogen and oxygen atoms in total. The van der Waals surface area contributed by atoms with Gasteiger partial charge in [-0.1, -0.05) is 13.8 Å². The summed E-state index contributed by atoms with van der Waals surface area (Å²) >= 11 is 1.74. The predicted molar refractivity (Wildman–Crippen MR) is 73.2 cm³/mol. The molecule has 0 spiro atoms. The SMILES string of the molecule is CC(C)CCNC(=O)[C@H]1CS[C@@]2(C)CCC(=O)N12. The van der Waals surface area contributed by atoms with E-state index in [-0.39, 0.29) is 22.7 Å². The molecule has 2 atom stereocenters. The predicted octanol–water partition coefficient (Wildman–Crippen LogP) is 1.60. The molecular weight excluding hydrogens is 248 g/mol. The van der Waals surface area contributed by atoms with Crippen molar-refractivity contribution in [2.45, 2.75) is 50.9 Å². The molecule has 0 bridgehead atoms. The summed E-state index contributed by atoms with van der Waals surface area (Å²) in [5.74, 6) is 1.46. The van der Waals surface area contributed by atoms with Crippen LogP contribution in [0.4, 0.5) is 0 Å². The second kappa shape index (κ2) is 5.11. The monoisotopic (exact) mass is 270 g/mol. The maximum Gasteiger partial charge on any atom is 0.243 e. The molecule has 2 amide bonds. The highest BCUT2D eigenvalue weighted by Crippen LogP contribution is 2.47. The molecule has 2 aliphatic rings. The van der Waals surface area contributed by atoms with E-state index in [0.717, 1.165) is 18.6 Å². The van der Waals surface area contributed by atoms with Gasteiger partial charge in [0.25, 0.3) is 0 Å². The van der Waals surface area contributed by atoms with Gasteiger partial charge in [-0.15, -0.1) is 11.8 Å². The van der Waals surface area contributed by atoms with E-state index in [1.165, 1.54) is 0 Å². The summed E-state index contributed by atoms with van der Waals surface area (Å²) in [4.78, 5) is 25.7. The summed E-state index contributed by atoms with van der Waals surface area (Å²) in [6, 6.07) is -0.262. The molecule has 2 fully saturated rings. The number of hydrogen-bond acceptors (Lipinski definition) is 3. The summed E-state index contributed by atoms with van der Waals surface area (Å²) < 4.78 is 0. The molecule has 0 radical (unpaired) electrons. The van der Waals surface area contributed by atoms with Crippen LogP contribution < -0.4 is 5.32 Å². The van der Waals surface area contributed by atoms with Gasteiger partial charge < -0.3 is 10.2 Å². The van der Waals surface area contributed by atoms with Gasteiger partial charge in [0, 0.05) is 18.7 Å². The van der Waals surface area contributed by atoms with Crippen LogP contribution in [0.2, 0.25) is 0 Å². The van der Waals surface area contributed by atoms with Gasteiger partial charge >= 0.3 is 0 Å². The van der Waals surface area contributed by atoms with Crippen LogP contribution in [0.5, 0.6) is 0 Å². The Labute approximate surface area is 113 Å². The van der Waals surface area contributed by atoms with Gasteiger partial charge in [-0.2, -0.15) is 0 Å². The van der Waals surface area contributed by atoms with E-state index in [4.69, 9.17) is 0 Å². The van der Waals surface area contributed by atoms with Crippen molar-refractivity contribution in [3.8, 4) is 0 Å². The molecule has 2 rings (SSSR count). The molecule has 0 unspecified atom stereocenters. The zero-order valence-electron chi connectivity index (χ0n) is 11.4. The van der Waals surface area contributed by atoms with Crippen LogP contribution in [0.15, 0.2) is 0 Å². The largest absolute Gasteiger partial charge is 0.354 e. The van der Waals surface area contributed by atoms with Crippen molar-refractivity contribution in [2.24, 2.45) is 5.92 Å². The second-order valence-electron chi connectivity index (χ2n) is 5.74. The molecule has 2 saturated heterocycles. The lowest BCUT2D eigenvalue weighted by atomic mass is 10.1. The van der Waals surface area contributed by atoms with Crippen LogP contribution in [0.3, 0.4) is 0 Å². The summed E-state index contributed by atoms with van der Waals surface area (Å²) in [6.07, 6.45) is 2.43. The third-order valence-corrected chi connectivity index (χ3v) is 5.27. The fourth-order valence-corrected chi connectivity index (χ4v) is 4.05. The molecular formula is C13H22N2O2S. The molecule has 0 aromatic heterocycles. The second-order valence-corrected chi connectivity index (χ2v) is 7.24. The minimum absolute atomic E-state index is 0.0159. The number of thioether (sulfide) groups is 1. The van der Waals surface area contributed by atoms with Gasteiger partial charge in [0.1, 0.15) is 6.04 Å². The number of nitrogens with zero attached hydrogens (tertiary/aromatic N) is 1.